The molecule has 0 spiro atoms. The zero-order chi connectivity index (χ0) is 16.1. The molecule has 0 radical (unpaired) electrons. The molecule has 0 unspecified atom stereocenters. The zero-order valence-electron chi connectivity index (χ0n) is 12.8. The first-order valence-corrected chi connectivity index (χ1v) is 9.72. The molecule has 2 heterocycles. The highest BCUT2D eigenvalue weighted by molar-refractivity contribution is 8.00. The van der Waals surface area contributed by atoms with Crippen molar-refractivity contribution in [1.82, 2.24) is 10.2 Å². The van der Waals surface area contributed by atoms with Gasteiger partial charge in [-0.2, -0.15) is 0 Å². The molecule has 0 atom stereocenters. The smallest absolute Gasteiger partial charge is 0.206 e. The van der Waals surface area contributed by atoms with Gasteiger partial charge in [0.25, 0.3) is 0 Å². The number of benzene rings is 1. The van der Waals surface area contributed by atoms with E-state index in [0.717, 1.165) is 45.9 Å². The fraction of sp³-hybridized carbons (Fsp3) is 0.467. The van der Waals surface area contributed by atoms with E-state index in [1.54, 1.807) is 23.1 Å². The lowest BCUT2D eigenvalue weighted by Crippen LogP contribution is -1.98. The largest absolute Gasteiger partial charge is 0.489 e. The van der Waals surface area contributed by atoms with Crippen molar-refractivity contribution in [3.8, 4) is 11.5 Å². The second-order valence-corrected chi connectivity index (χ2v) is 7.65. The van der Waals surface area contributed by atoms with E-state index in [-0.39, 0.29) is 0 Å². The molecule has 1 aliphatic rings. The number of fused-ring (bicyclic) bond motifs is 1. The van der Waals surface area contributed by atoms with Crippen LogP contribution in [0, 0.1) is 0 Å². The summed E-state index contributed by atoms with van der Waals surface area (Å²) in [6.07, 6.45) is 1.94. The van der Waals surface area contributed by atoms with Crippen LogP contribution in [-0.2, 0) is 5.75 Å². The van der Waals surface area contributed by atoms with Crippen molar-refractivity contribution in [2.24, 2.45) is 0 Å². The number of thioether (sulfide) groups is 1. The van der Waals surface area contributed by atoms with Gasteiger partial charge in [-0.3, -0.25) is 0 Å². The number of nitrogens with zero attached hydrogens (tertiary/aromatic N) is 2. The van der Waals surface area contributed by atoms with Crippen molar-refractivity contribution in [3.05, 3.63) is 22.7 Å². The molecule has 5 nitrogen and oxygen atoms in total. The van der Waals surface area contributed by atoms with Crippen LogP contribution < -0.4 is 14.8 Å². The Morgan fingerprint density at radius 2 is 2.17 bits per heavy atom. The number of hydrogen-bond donors (Lipinski definition) is 1. The number of halogens is 1. The number of nitrogens with one attached hydrogen (secondary N) is 1. The topological polar surface area (TPSA) is 56.3 Å². The normalized spacial score (nSPS) is 13.7. The molecule has 23 heavy (non-hydrogen) atoms. The fourth-order valence-corrected chi connectivity index (χ4v) is 4.08. The van der Waals surface area contributed by atoms with Gasteiger partial charge in [-0.05, 0) is 24.1 Å². The van der Waals surface area contributed by atoms with Crippen LogP contribution in [0.25, 0.3) is 0 Å². The number of aromatic nitrogens is 2. The minimum atomic E-state index is 0.600. The van der Waals surface area contributed by atoms with Gasteiger partial charge in [0.15, 0.2) is 15.8 Å². The Hall–Kier alpha value is -1.18. The molecule has 1 aromatic carbocycles. The molecule has 0 amide bonds. The third kappa shape index (κ3) is 4.43. The molecular weight excluding hydrogens is 354 g/mol. The van der Waals surface area contributed by atoms with Crippen molar-refractivity contribution < 1.29 is 9.47 Å². The Morgan fingerprint density at radius 1 is 1.30 bits per heavy atom. The van der Waals surface area contributed by atoms with Crippen LogP contribution in [0.4, 0.5) is 5.13 Å². The number of anilines is 1. The van der Waals surface area contributed by atoms with E-state index in [1.807, 2.05) is 12.1 Å². The van der Waals surface area contributed by atoms with E-state index in [9.17, 15) is 0 Å². The summed E-state index contributed by atoms with van der Waals surface area (Å²) in [4.78, 5) is 0. The van der Waals surface area contributed by atoms with E-state index in [0.29, 0.717) is 24.0 Å². The average Bonchev–Trinajstić information content (AvgIpc) is 2.86. The van der Waals surface area contributed by atoms with Gasteiger partial charge >= 0.3 is 0 Å². The molecule has 0 saturated carbocycles. The summed E-state index contributed by atoms with van der Waals surface area (Å²) in [5.41, 5.74) is 1.09. The molecule has 3 rings (SSSR count). The second kappa shape index (κ2) is 8.08. The highest BCUT2D eigenvalue weighted by Gasteiger charge is 2.16. The quantitative estimate of drug-likeness (QED) is 0.756. The van der Waals surface area contributed by atoms with E-state index in [1.165, 1.54) is 0 Å². The Kier molecular flexibility index (Phi) is 5.85. The molecule has 1 aliphatic heterocycles. The van der Waals surface area contributed by atoms with E-state index in [2.05, 4.69) is 22.4 Å². The maximum Gasteiger partial charge on any atom is 0.206 e. The Labute approximate surface area is 148 Å². The van der Waals surface area contributed by atoms with Gasteiger partial charge in [-0.15, -0.1) is 10.2 Å². The first-order valence-electron chi connectivity index (χ1n) is 7.54. The van der Waals surface area contributed by atoms with Gasteiger partial charge in [0.05, 0.1) is 18.2 Å². The molecule has 0 bridgehead atoms. The Bertz CT molecular complexity index is 666. The minimum Gasteiger partial charge on any atom is -0.489 e. The lowest BCUT2D eigenvalue weighted by molar-refractivity contribution is 0.297. The second-order valence-electron chi connectivity index (χ2n) is 5.04. The number of ether oxygens (including phenoxy) is 2. The summed E-state index contributed by atoms with van der Waals surface area (Å²) in [5, 5.41) is 13.0. The van der Waals surface area contributed by atoms with Crippen molar-refractivity contribution in [3.63, 3.8) is 0 Å². The van der Waals surface area contributed by atoms with E-state index < -0.39 is 0 Å². The standard InChI is InChI=1S/C15H18ClN3O2S2/c1-2-4-17-14-18-19-15(23-14)22-9-10-7-11(16)13-12(8-10)20-5-3-6-21-13/h7-8H,2-6,9H2,1H3,(H,17,18). The van der Waals surface area contributed by atoms with Crippen molar-refractivity contribution >= 4 is 39.8 Å². The first kappa shape index (κ1) is 16.7. The lowest BCUT2D eigenvalue weighted by Gasteiger charge is -2.11. The third-order valence-electron chi connectivity index (χ3n) is 3.16. The lowest BCUT2D eigenvalue weighted by atomic mass is 10.2. The van der Waals surface area contributed by atoms with Crippen LogP contribution in [-0.4, -0.2) is 30.0 Å². The Morgan fingerprint density at radius 3 is 3.04 bits per heavy atom. The summed E-state index contributed by atoms with van der Waals surface area (Å²) in [6.45, 7) is 4.33. The SMILES string of the molecule is CCCNc1nnc(SCc2cc(Cl)c3c(c2)OCCCO3)s1. The summed E-state index contributed by atoms with van der Waals surface area (Å²) in [5.74, 6) is 2.15. The first-order chi connectivity index (χ1) is 11.3. The summed E-state index contributed by atoms with van der Waals surface area (Å²) in [6, 6.07) is 3.93. The van der Waals surface area contributed by atoms with Crippen LogP contribution in [0.1, 0.15) is 25.3 Å². The van der Waals surface area contributed by atoms with Gasteiger partial charge in [0.2, 0.25) is 5.13 Å². The number of rotatable bonds is 6. The van der Waals surface area contributed by atoms with Crippen LogP contribution in [0.15, 0.2) is 16.5 Å². The molecule has 1 aromatic heterocycles. The maximum atomic E-state index is 6.31. The van der Waals surface area contributed by atoms with Crippen molar-refractivity contribution in [2.75, 3.05) is 25.1 Å². The van der Waals surface area contributed by atoms with Crippen LogP contribution in [0.3, 0.4) is 0 Å². The maximum absolute atomic E-state index is 6.31. The van der Waals surface area contributed by atoms with E-state index in [4.69, 9.17) is 21.1 Å². The van der Waals surface area contributed by atoms with Gasteiger partial charge in [-0.25, -0.2) is 0 Å². The Balaban J connectivity index is 1.65. The van der Waals surface area contributed by atoms with Crippen molar-refractivity contribution in [1.29, 1.82) is 0 Å². The fourth-order valence-electron chi connectivity index (χ4n) is 2.08. The predicted molar refractivity (Wildman–Crippen MR) is 95.3 cm³/mol. The highest BCUT2D eigenvalue weighted by Crippen LogP contribution is 2.39. The molecule has 0 aliphatic carbocycles. The zero-order valence-corrected chi connectivity index (χ0v) is 15.2. The molecule has 124 valence electrons. The monoisotopic (exact) mass is 371 g/mol. The minimum absolute atomic E-state index is 0.600. The van der Waals surface area contributed by atoms with Crippen molar-refractivity contribution in [2.45, 2.75) is 29.9 Å². The van der Waals surface area contributed by atoms with E-state index >= 15 is 0 Å². The average molecular weight is 372 g/mol. The third-order valence-corrected chi connectivity index (χ3v) is 5.52. The molecule has 2 aromatic rings. The number of hydrogen-bond acceptors (Lipinski definition) is 7. The summed E-state index contributed by atoms with van der Waals surface area (Å²) in [7, 11) is 0. The predicted octanol–water partition coefficient (Wildman–Crippen LogP) is 4.47. The van der Waals surface area contributed by atoms with Gasteiger partial charge in [0, 0.05) is 18.7 Å². The molecule has 1 N–H and O–H groups in total. The molecule has 0 saturated heterocycles. The van der Waals surface area contributed by atoms with Crippen LogP contribution in [0.5, 0.6) is 11.5 Å². The summed E-state index contributed by atoms with van der Waals surface area (Å²) >= 11 is 9.52. The van der Waals surface area contributed by atoms with Gasteiger partial charge < -0.3 is 14.8 Å². The van der Waals surface area contributed by atoms with Gasteiger partial charge in [0.1, 0.15) is 0 Å². The molecular formula is C15H18ClN3O2S2. The highest BCUT2D eigenvalue weighted by atomic mass is 35.5. The van der Waals surface area contributed by atoms with Crippen LogP contribution in [0.2, 0.25) is 5.02 Å². The molecule has 0 fully saturated rings. The molecule has 8 heteroatoms. The van der Waals surface area contributed by atoms with Gasteiger partial charge in [-0.1, -0.05) is 41.6 Å². The summed E-state index contributed by atoms with van der Waals surface area (Å²) < 4.78 is 12.3. The van der Waals surface area contributed by atoms with Crippen LogP contribution >= 0.6 is 34.7 Å².